The molecule has 1 amide bonds. The quantitative estimate of drug-likeness (QED) is 0.649. The lowest BCUT2D eigenvalue weighted by atomic mass is 9.99. The number of amides is 1. The number of carbonyl (C=O) groups is 1. The third kappa shape index (κ3) is 3.45. The highest BCUT2D eigenvalue weighted by Crippen LogP contribution is 2.31. The normalized spacial score (nSPS) is 17.4. The van der Waals surface area contributed by atoms with Gasteiger partial charge < -0.3 is 14.1 Å². The molecule has 140 valence electrons. The van der Waals surface area contributed by atoms with Gasteiger partial charge in [-0.2, -0.15) is 0 Å². The molecule has 0 bridgehead atoms. The molecule has 1 saturated heterocycles. The van der Waals surface area contributed by atoms with Gasteiger partial charge in [-0.3, -0.25) is 4.79 Å². The first-order valence-electron chi connectivity index (χ1n) is 9.12. The summed E-state index contributed by atoms with van der Waals surface area (Å²) in [6, 6.07) is 11.0. The number of pyridine rings is 1. The number of hydrogen-bond acceptors (Lipinski definition) is 4. The van der Waals surface area contributed by atoms with E-state index in [0.717, 1.165) is 31.2 Å². The van der Waals surface area contributed by atoms with Crippen molar-refractivity contribution < 1.29 is 13.9 Å². The standard InChI is InChI=1S/C21H21ClN2O3/c1-26-13-14-6-2-3-10-24(14)21(25)16-12-18(19-9-5-11-27-19)23-20-15(16)7-4-8-17(20)22/h4-5,7-9,11-12,14H,2-3,6,10,13H2,1H3/t14-/m0/s1. The van der Waals surface area contributed by atoms with E-state index >= 15 is 0 Å². The van der Waals surface area contributed by atoms with Crippen LogP contribution in [0.5, 0.6) is 0 Å². The number of furan rings is 1. The van der Waals surface area contributed by atoms with Crippen LogP contribution in [-0.2, 0) is 4.74 Å². The van der Waals surface area contributed by atoms with Crippen LogP contribution in [0.4, 0.5) is 0 Å². The Bertz CT molecular complexity index is 953. The van der Waals surface area contributed by atoms with E-state index in [1.807, 2.05) is 23.1 Å². The minimum atomic E-state index is -0.0146. The molecule has 0 radical (unpaired) electrons. The van der Waals surface area contributed by atoms with E-state index in [4.69, 9.17) is 20.8 Å². The number of likely N-dealkylation sites (tertiary alicyclic amines) is 1. The lowest BCUT2D eigenvalue weighted by Crippen LogP contribution is -2.46. The summed E-state index contributed by atoms with van der Waals surface area (Å²) in [5.41, 5.74) is 1.80. The molecule has 1 atom stereocenters. The molecule has 0 saturated carbocycles. The number of para-hydroxylation sites is 1. The molecule has 5 nitrogen and oxygen atoms in total. The summed E-state index contributed by atoms with van der Waals surface area (Å²) in [7, 11) is 1.67. The van der Waals surface area contributed by atoms with Crippen LogP contribution in [0.15, 0.2) is 47.1 Å². The smallest absolute Gasteiger partial charge is 0.254 e. The van der Waals surface area contributed by atoms with Crippen molar-refractivity contribution in [1.82, 2.24) is 9.88 Å². The zero-order valence-electron chi connectivity index (χ0n) is 15.2. The molecule has 3 aromatic rings. The lowest BCUT2D eigenvalue weighted by Gasteiger charge is -2.35. The van der Waals surface area contributed by atoms with Crippen molar-refractivity contribution in [2.45, 2.75) is 25.3 Å². The Morgan fingerprint density at radius 2 is 2.22 bits per heavy atom. The summed E-state index contributed by atoms with van der Waals surface area (Å²) >= 11 is 6.39. The SMILES string of the molecule is COC[C@@H]1CCCCN1C(=O)c1cc(-c2ccco2)nc2c(Cl)cccc12. The van der Waals surface area contributed by atoms with Gasteiger partial charge in [-0.25, -0.2) is 4.98 Å². The highest BCUT2D eigenvalue weighted by atomic mass is 35.5. The molecule has 0 aliphatic carbocycles. The number of nitrogens with zero attached hydrogens (tertiary/aromatic N) is 2. The van der Waals surface area contributed by atoms with E-state index in [0.29, 0.717) is 34.2 Å². The maximum atomic E-state index is 13.5. The first kappa shape index (κ1) is 18.0. The van der Waals surface area contributed by atoms with Crippen LogP contribution in [0.3, 0.4) is 0 Å². The van der Waals surface area contributed by atoms with Crippen LogP contribution in [-0.4, -0.2) is 42.1 Å². The van der Waals surface area contributed by atoms with Gasteiger partial charge in [0.05, 0.1) is 35.0 Å². The van der Waals surface area contributed by atoms with Gasteiger partial charge in [0.2, 0.25) is 0 Å². The van der Waals surface area contributed by atoms with Crippen molar-refractivity contribution in [3.8, 4) is 11.5 Å². The first-order chi connectivity index (χ1) is 13.2. The van der Waals surface area contributed by atoms with Crippen molar-refractivity contribution >= 4 is 28.4 Å². The van der Waals surface area contributed by atoms with Crippen LogP contribution in [0.2, 0.25) is 5.02 Å². The molecule has 0 spiro atoms. The number of piperidine rings is 1. The second kappa shape index (κ2) is 7.71. The molecule has 1 aromatic carbocycles. The van der Waals surface area contributed by atoms with Gasteiger partial charge in [-0.1, -0.05) is 23.7 Å². The fourth-order valence-corrected chi connectivity index (χ4v) is 3.95. The van der Waals surface area contributed by atoms with E-state index < -0.39 is 0 Å². The van der Waals surface area contributed by atoms with E-state index in [2.05, 4.69) is 4.98 Å². The van der Waals surface area contributed by atoms with Crippen molar-refractivity contribution in [2.75, 3.05) is 20.3 Å². The summed E-state index contributed by atoms with van der Waals surface area (Å²) in [4.78, 5) is 20.1. The number of benzene rings is 1. The van der Waals surface area contributed by atoms with Gasteiger partial charge >= 0.3 is 0 Å². The number of aromatic nitrogens is 1. The molecule has 3 heterocycles. The van der Waals surface area contributed by atoms with Crippen molar-refractivity contribution in [3.05, 3.63) is 53.2 Å². The summed E-state index contributed by atoms with van der Waals surface area (Å²) in [5.74, 6) is 0.595. The number of fused-ring (bicyclic) bond motifs is 1. The van der Waals surface area contributed by atoms with Crippen LogP contribution in [0.25, 0.3) is 22.4 Å². The third-order valence-electron chi connectivity index (χ3n) is 5.04. The Balaban J connectivity index is 1.84. The largest absolute Gasteiger partial charge is 0.463 e. The summed E-state index contributed by atoms with van der Waals surface area (Å²) in [6.07, 6.45) is 4.65. The van der Waals surface area contributed by atoms with Crippen molar-refractivity contribution in [1.29, 1.82) is 0 Å². The third-order valence-corrected chi connectivity index (χ3v) is 5.35. The molecule has 4 rings (SSSR count). The van der Waals surface area contributed by atoms with Crippen molar-refractivity contribution in [2.24, 2.45) is 0 Å². The lowest BCUT2D eigenvalue weighted by molar-refractivity contribution is 0.0430. The van der Waals surface area contributed by atoms with Crippen LogP contribution >= 0.6 is 11.6 Å². The summed E-state index contributed by atoms with van der Waals surface area (Å²) in [6.45, 7) is 1.27. The van der Waals surface area contributed by atoms with Crippen LogP contribution in [0.1, 0.15) is 29.6 Å². The average molecular weight is 385 g/mol. The minimum absolute atomic E-state index is 0.0146. The Hall–Kier alpha value is -2.37. The molecule has 1 aliphatic rings. The monoisotopic (exact) mass is 384 g/mol. The Labute approximate surface area is 162 Å². The maximum Gasteiger partial charge on any atom is 0.254 e. The Kier molecular flexibility index (Phi) is 5.14. The van der Waals surface area contributed by atoms with Gasteiger partial charge in [0.25, 0.3) is 5.91 Å². The Morgan fingerprint density at radius 3 is 3.00 bits per heavy atom. The predicted octanol–water partition coefficient (Wildman–Crippen LogP) is 4.79. The van der Waals surface area contributed by atoms with E-state index in [1.165, 1.54) is 0 Å². The second-order valence-corrected chi connectivity index (χ2v) is 7.18. The zero-order chi connectivity index (χ0) is 18.8. The number of hydrogen-bond donors (Lipinski definition) is 0. The highest BCUT2D eigenvalue weighted by molar-refractivity contribution is 6.35. The Morgan fingerprint density at radius 1 is 1.33 bits per heavy atom. The predicted molar refractivity (Wildman–Crippen MR) is 105 cm³/mol. The molecule has 27 heavy (non-hydrogen) atoms. The average Bonchev–Trinajstić information content (AvgIpc) is 3.23. The summed E-state index contributed by atoms with van der Waals surface area (Å²) in [5, 5.41) is 1.27. The van der Waals surface area contributed by atoms with E-state index in [1.54, 1.807) is 31.6 Å². The molecule has 6 heteroatoms. The number of methoxy groups -OCH3 is 1. The number of halogens is 1. The molecule has 2 aromatic heterocycles. The molecule has 1 fully saturated rings. The van der Waals surface area contributed by atoms with Crippen LogP contribution < -0.4 is 0 Å². The number of carbonyl (C=O) groups excluding carboxylic acids is 1. The minimum Gasteiger partial charge on any atom is -0.463 e. The number of rotatable bonds is 4. The van der Waals surface area contributed by atoms with Gasteiger partial charge in [0, 0.05) is 19.0 Å². The zero-order valence-corrected chi connectivity index (χ0v) is 15.9. The van der Waals surface area contributed by atoms with Crippen molar-refractivity contribution in [3.63, 3.8) is 0 Å². The van der Waals surface area contributed by atoms with E-state index in [9.17, 15) is 4.79 Å². The van der Waals surface area contributed by atoms with Crippen LogP contribution in [0, 0.1) is 0 Å². The first-order valence-corrected chi connectivity index (χ1v) is 9.50. The number of ether oxygens (including phenoxy) is 1. The summed E-state index contributed by atoms with van der Waals surface area (Å²) < 4.78 is 10.8. The molecular weight excluding hydrogens is 364 g/mol. The maximum absolute atomic E-state index is 13.5. The van der Waals surface area contributed by atoms with Gasteiger partial charge in [-0.05, 0) is 43.5 Å². The highest BCUT2D eigenvalue weighted by Gasteiger charge is 2.29. The fraction of sp³-hybridized carbons (Fsp3) is 0.333. The molecule has 1 aliphatic heterocycles. The fourth-order valence-electron chi connectivity index (χ4n) is 3.73. The topological polar surface area (TPSA) is 55.6 Å². The van der Waals surface area contributed by atoms with Gasteiger partial charge in [0.1, 0.15) is 5.69 Å². The molecule has 0 N–H and O–H groups in total. The molecule has 0 unspecified atom stereocenters. The van der Waals surface area contributed by atoms with Gasteiger partial charge in [0.15, 0.2) is 5.76 Å². The van der Waals surface area contributed by atoms with Gasteiger partial charge in [-0.15, -0.1) is 0 Å². The van der Waals surface area contributed by atoms with E-state index in [-0.39, 0.29) is 11.9 Å². The molecular formula is C21H21ClN2O3. The second-order valence-electron chi connectivity index (χ2n) is 6.77.